The molecule has 0 spiro atoms. The van der Waals surface area contributed by atoms with Gasteiger partial charge < -0.3 is 10.1 Å². The molecule has 3 rings (SSSR count). The van der Waals surface area contributed by atoms with Crippen LogP contribution >= 0.6 is 39.1 Å². The van der Waals surface area contributed by atoms with E-state index in [0.717, 1.165) is 22.2 Å². The van der Waals surface area contributed by atoms with Gasteiger partial charge >= 0.3 is 6.18 Å². The van der Waals surface area contributed by atoms with Crippen LogP contribution in [0.2, 0.25) is 10.0 Å². The predicted octanol–water partition coefficient (Wildman–Crippen LogP) is 7.22. The molecule has 0 saturated carbocycles. The third kappa shape index (κ3) is 9.07. The van der Waals surface area contributed by atoms with Crippen molar-refractivity contribution in [1.29, 1.82) is 0 Å². The Morgan fingerprint density at radius 2 is 1.76 bits per heavy atom. The molecular formula is C25H19BrCl2F3N3O3. The fourth-order valence-electron chi connectivity index (χ4n) is 3.00. The average Bonchev–Trinajstić information content (AvgIpc) is 2.83. The lowest BCUT2D eigenvalue weighted by atomic mass is 10.2. The Labute approximate surface area is 228 Å². The summed E-state index contributed by atoms with van der Waals surface area (Å²) in [5.74, 6) is -0.685. The molecule has 0 aliphatic carbocycles. The van der Waals surface area contributed by atoms with Crippen LogP contribution in [0.3, 0.4) is 0 Å². The summed E-state index contributed by atoms with van der Waals surface area (Å²) >= 11 is 15.5. The first-order chi connectivity index (χ1) is 17.5. The Bertz CT molecular complexity index is 1320. The molecule has 3 aromatic carbocycles. The van der Waals surface area contributed by atoms with Crippen molar-refractivity contribution in [3.05, 3.63) is 91.9 Å². The quantitative estimate of drug-likeness (QED) is 0.197. The number of rotatable bonds is 9. The molecule has 0 atom stereocenters. The molecule has 2 N–H and O–H groups in total. The second kappa shape index (κ2) is 12.9. The molecule has 0 saturated heterocycles. The van der Waals surface area contributed by atoms with Crippen LogP contribution in [-0.2, 0) is 22.4 Å². The molecule has 2 amide bonds. The van der Waals surface area contributed by atoms with Crippen LogP contribution in [0.15, 0.2) is 70.2 Å². The fraction of sp³-hybridized carbons (Fsp3) is 0.160. The Kier molecular flexibility index (Phi) is 9.96. The molecular weight excluding hydrogens is 598 g/mol. The van der Waals surface area contributed by atoms with E-state index in [-0.39, 0.29) is 25.1 Å². The minimum Gasteiger partial charge on any atom is -0.488 e. The number of carbonyl (C=O) groups is 2. The van der Waals surface area contributed by atoms with Crippen LogP contribution in [-0.4, -0.2) is 18.0 Å². The molecule has 194 valence electrons. The molecule has 37 heavy (non-hydrogen) atoms. The van der Waals surface area contributed by atoms with E-state index >= 15 is 0 Å². The minimum atomic E-state index is -4.53. The normalized spacial score (nSPS) is 11.4. The number of nitrogens with one attached hydrogen (secondary N) is 2. The van der Waals surface area contributed by atoms with E-state index in [1.165, 1.54) is 18.3 Å². The van der Waals surface area contributed by atoms with Gasteiger partial charge in [-0.15, -0.1) is 0 Å². The number of hydrogen-bond donors (Lipinski definition) is 2. The number of alkyl halides is 3. The molecule has 6 nitrogen and oxygen atoms in total. The summed E-state index contributed by atoms with van der Waals surface area (Å²) in [6.45, 7) is 0.172. The molecule has 0 aliphatic heterocycles. The maximum absolute atomic E-state index is 12.8. The second-order valence-corrected chi connectivity index (χ2v) is 9.39. The summed E-state index contributed by atoms with van der Waals surface area (Å²) in [7, 11) is 0. The predicted molar refractivity (Wildman–Crippen MR) is 140 cm³/mol. The van der Waals surface area contributed by atoms with Gasteiger partial charge in [0.15, 0.2) is 0 Å². The van der Waals surface area contributed by atoms with Crippen molar-refractivity contribution >= 4 is 62.8 Å². The summed E-state index contributed by atoms with van der Waals surface area (Å²) in [6.07, 6.45) is -3.62. The molecule has 0 heterocycles. The van der Waals surface area contributed by atoms with Crippen molar-refractivity contribution in [3.63, 3.8) is 0 Å². The summed E-state index contributed by atoms with van der Waals surface area (Å²) < 4.78 is 45.0. The zero-order valence-electron chi connectivity index (χ0n) is 18.9. The van der Waals surface area contributed by atoms with E-state index in [4.69, 9.17) is 27.9 Å². The van der Waals surface area contributed by atoms with Crippen LogP contribution in [0.25, 0.3) is 0 Å². The number of hydrogen-bond acceptors (Lipinski definition) is 4. The van der Waals surface area contributed by atoms with Gasteiger partial charge in [-0.25, -0.2) is 5.43 Å². The van der Waals surface area contributed by atoms with Crippen molar-refractivity contribution in [2.24, 2.45) is 5.10 Å². The number of hydrazone groups is 1. The second-order valence-electron chi connectivity index (χ2n) is 7.63. The maximum Gasteiger partial charge on any atom is 0.416 e. The number of carbonyl (C=O) groups excluding carboxylic acids is 2. The third-order valence-corrected chi connectivity index (χ3v) is 5.90. The molecule has 0 aliphatic rings. The number of anilines is 1. The van der Waals surface area contributed by atoms with Crippen molar-refractivity contribution in [2.45, 2.75) is 25.6 Å². The van der Waals surface area contributed by atoms with Gasteiger partial charge in [-0.1, -0.05) is 51.3 Å². The lowest BCUT2D eigenvalue weighted by Crippen LogP contribution is -2.20. The zero-order chi connectivity index (χ0) is 27.0. The smallest absolute Gasteiger partial charge is 0.416 e. The van der Waals surface area contributed by atoms with Gasteiger partial charge in [-0.3, -0.25) is 9.59 Å². The minimum absolute atomic E-state index is 0.0136. The van der Waals surface area contributed by atoms with Gasteiger partial charge in [-0.2, -0.15) is 18.3 Å². The fourth-order valence-corrected chi connectivity index (χ4v) is 3.84. The first-order valence-electron chi connectivity index (χ1n) is 10.7. The van der Waals surface area contributed by atoms with Crippen molar-refractivity contribution < 1.29 is 27.5 Å². The summed E-state index contributed by atoms with van der Waals surface area (Å²) in [4.78, 5) is 24.1. The Balaban J connectivity index is 1.52. The van der Waals surface area contributed by atoms with Crippen LogP contribution in [0.5, 0.6) is 5.75 Å². The standard InChI is InChI=1S/C25H19BrCl2F3N3O3/c26-18-5-7-22(37-14-15-4-6-19(27)12-21(15)28)16(10-18)13-32-34-24(36)9-8-23(35)33-20-3-1-2-17(11-20)25(29,30)31/h1-7,10-13H,8-9,14H2,(H,33,35)(H,34,36). The summed E-state index contributed by atoms with van der Waals surface area (Å²) in [5.41, 5.74) is 2.70. The van der Waals surface area contributed by atoms with E-state index < -0.39 is 23.6 Å². The number of amides is 2. The third-order valence-electron chi connectivity index (χ3n) is 4.82. The largest absolute Gasteiger partial charge is 0.488 e. The number of halogens is 6. The summed E-state index contributed by atoms with van der Waals surface area (Å²) in [5, 5.41) is 7.22. The van der Waals surface area contributed by atoms with E-state index in [2.05, 4.69) is 31.8 Å². The topological polar surface area (TPSA) is 79.8 Å². The molecule has 0 fully saturated rings. The van der Waals surface area contributed by atoms with Gasteiger partial charge in [0, 0.05) is 44.2 Å². The molecule has 0 aromatic heterocycles. The SMILES string of the molecule is O=C(CCC(=O)Nc1cccc(C(F)(F)F)c1)NN=Cc1cc(Br)ccc1OCc1ccc(Cl)cc1Cl. The average molecular weight is 617 g/mol. The van der Waals surface area contributed by atoms with Gasteiger partial charge in [0.25, 0.3) is 0 Å². The Morgan fingerprint density at radius 3 is 2.49 bits per heavy atom. The first kappa shape index (κ1) is 28.5. The van der Waals surface area contributed by atoms with Gasteiger partial charge in [0.05, 0.1) is 11.8 Å². The monoisotopic (exact) mass is 615 g/mol. The van der Waals surface area contributed by atoms with Gasteiger partial charge in [0.2, 0.25) is 11.8 Å². The van der Waals surface area contributed by atoms with Gasteiger partial charge in [-0.05, 0) is 48.5 Å². The van der Waals surface area contributed by atoms with Gasteiger partial charge in [0.1, 0.15) is 12.4 Å². The van der Waals surface area contributed by atoms with E-state index in [1.54, 1.807) is 36.4 Å². The molecule has 0 radical (unpaired) electrons. The number of nitrogens with zero attached hydrogens (tertiary/aromatic N) is 1. The number of benzene rings is 3. The number of ether oxygens (including phenoxy) is 1. The van der Waals surface area contributed by atoms with Crippen molar-refractivity contribution in [1.82, 2.24) is 5.43 Å². The highest BCUT2D eigenvalue weighted by molar-refractivity contribution is 9.10. The molecule has 0 bridgehead atoms. The highest BCUT2D eigenvalue weighted by Crippen LogP contribution is 2.30. The molecule has 0 unspecified atom stereocenters. The lowest BCUT2D eigenvalue weighted by Gasteiger charge is -2.11. The van der Waals surface area contributed by atoms with Crippen molar-refractivity contribution in [3.8, 4) is 5.75 Å². The van der Waals surface area contributed by atoms with Crippen LogP contribution in [0, 0.1) is 0 Å². The Morgan fingerprint density at radius 1 is 1.00 bits per heavy atom. The summed E-state index contributed by atoms with van der Waals surface area (Å²) in [6, 6.07) is 14.5. The van der Waals surface area contributed by atoms with E-state index in [0.29, 0.717) is 21.4 Å². The lowest BCUT2D eigenvalue weighted by molar-refractivity contribution is -0.137. The van der Waals surface area contributed by atoms with Crippen molar-refractivity contribution in [2.75, 3.05) is 5.32 Å². The van der Waals surface area contributed by atoms with Crippen LogP contribution in [0.4, 0.5) is 18.9 Å². The highest BCUT2D eigenvalue weighted by Gasteiger charge is 2.30. The molecule has 3 aromatic rings. The van der Waals surface area contributed by atoms with E-state index in [9.17, 15) is 22.8 Å². The highest BCUT2D eigenvalue weighted by atomic mass is 79.9. The zero-order valence-corrected chi connectivity index (χ0v) is 22.0. The van der Waals surface area contributed by atoms with Crippen LogP contribution in [0.1, 0.15) is 29.5 Å². The van der Waals surface area contributed by atoms with Crippen LogP contribution < -0.4 is 15.5 Å². The first-order valence-corrected chi connectivity index (χ1v) is 12.2. The molecule has 12 heteroatoms. The maximum atomic E-state index is 12.8. The Hall–Kier alpha value is -3.08. The van der Waals surface area contributed by atoms with E-state index in [1.807, 2.05) is 0 Å².